The van der Waals surface area contributed by atoms with E-state index in [1.807, 2.05) is 0 Å². The average molecular weight is 275 g/mol. The maximum atomic E-state index is 6.27. The van der Waals surface area contributed by atoms with Crippen molar-refractivity contribution in [3.63, 3.8) is 0 Å². The van der Waals surface area contributed by atoms with E-state index >= 15 is 0 Å². The van der Waals surface area contributed by atoms with Gasteiger partial charge in [-0.1, -0.05) is 39.0 Å². The lowest BCUT2D eigenvalue weighted by Gasteiger charge is -2.28. The van der Waals surface area contributed by atoms with E-state index in [4.69, 9.17) is 5.73 Å². The Balaban J connectivity index is 2.14. The monoisotopic (exact) mass is 275 g/mol. The quantitative estimate of drug-likeness (QED) is 0.866. The first-order valence-electron chi connectivity index (χ1n) is 8.04. The summed E-state index contributed by atoms with van der Waals surface area (Å²) in [6, 6.07) is 9.50. The summed E-state index contributed by atoms with van der Waals surface area (Å²) in [6.45, 7) is 11.2. The topological polar surface area (TPSA) is 32.5 Å². The van der Waals surface area contributed by atoms with Crippen molar-refractivity contribution in [2.75, 3.05) is 31.1 Å². The molecule has 3 nitrogen and oxygen atoms in total. The summed E-state index contributed by atoms with van der Waals surface area (Å²) in [5, 5.41) is 0. The van der Waals surface area contributed by atoms with E-state index in [2.05, 4.69) is 54.8 Å². The van der Waals surface area contributed by atoms with Crippen molar-refractivity contribution in [3.8, 4) is 0 Å². The van der Waals surface area contributed by atoms with Crippen LogP contribution in [0.5, 0.6) is 0 Å². The molecule has 0 radical (unpaired) electrons. The normalized spacial score (nSPS) is 20.6. The van der Waals surface area contributed by atoms with Gasteiger partial charge in [-0.05, 0) is 37.6 Å². The van der Waals surface area contributed by atoms with Crippen molar-refractivity contribution in [1.29, 1.82) is 0 Å². The summed E-state index contributed by atoms with van der Waals surface area (Å²) >= 11 is 0. The minimum Gasteiger partial charge on any atom is -0.370 e. The van der Waals surface area contributed by atoms with Gasteiger partial charge in [-0.15, -0.1) is 0 Å². The molecule has 1 fully saturated rings. The van der Waals surface area contributed by atoms with Crippen molar-refractivity contribution in [3.05, 3.63) is 29.8 Å². The van der Waals surface area contributed by atoms with Crippen LogP contribution in [0.25, 0.3) is 0 Å². The Morgan fingerprint density at radius 1 is 1.25 bits per heavy atom. The van der Waals surface area contributed by atoms with E-state index in [1.165, 1.54) is 17.7 Å². The molecular formula is C17H29N3. The molecule has 0 bridgehead atoms. The van der Waals surface area contributed by atoms with Gasteiger partial charge in [-0.3, -0.25) is 4.90 Å². The van der Waals surface area contributed by atoms with Gasteiger partial charge in [0.2, 0.25) is 0 Å². The SMILES string of the molecule is CC[C@H](N)c1ccccc1N1CCC(N(CC)CC)C1. The second-order valence-corrected chi connectivity index (χ2v) is 5.68. The van der Waals surface area contributed by atoms with Gasteiger partial charge >= 0.3 is 0 Å². The Bertz CT molecular complexity index is 414. The predicted molar refractivity (Wildman–Crippen MR) is 87.2 cm³/mol. The number of nitrogens with two attached hydrogens (primary N) is 1. The van der Waals surface area contributed by atoms with E-state index in [0.717, 1.165) is 32.6 Å². The third kappa shape index (κ3) is 3.15. The molecule has 1 aliphatic rings. The first kappa shape index (κ1) is 15.3. The van der Waals surface area contributed by atoms with Gasteiger partial charge in [0.25, 0.3) is 0 Å². The van der Waals surface area contributed by atoms with Crippen LogP contribution in [0.1, 0.15) is 45.2 Å². The number of anilines is 1. The molecule has 0 amide bonds. The van der Waals surface area contributed by atoms with Gasteiger partial charge in [0.15, 0.2) is 0 Å². The molecule has 0 aliphatic carbocycles. The van der Waals surface area contributed by atoms with E-state index < -0.39 is 0 Å². The number of hydrogen-bond acceptors (Lipinski definition) is 3. The number of hydrogen-bond donors (Lipinski definition) is 1. The molecule has 2 rings (SSSR count). The molecule has 2 N–H and O–H groups in total. The van der Waals surface area contributed by atoms with E-state index in [1.54, 1.807) is 0 Å². The van der Waals surface area contributed by atoms with Crippen molar-refractivity contribution >= 4 is 5.69 Å². The molecule has 112 valence electrons. The van der Waals surface area contributed by atoms with E-state index in [0.29, 0.717) is 6.04 Å². The molecule has 1 unspecified atom stereocenters. The van der Waals surface area contributed by atoms with Crippen LogP contribution in [0.15, 0.2) is 24.3 Å². The number of para-hydroxylation sites is 1. The molecule has 1 aliphatic heterocycles. The molecule has 0 saturated carbocycles. The Morgan fingerprint density at radius 3 is 2.60 bits per heavy atom. The van der Waals surface area contributed by atoms with Gasteiger partial charge in [0, 0.05) is 30.9 Å². The smallest absolute Gasteiger partial charge is 0.0415 e. The number of likely N-dealkylation sites (N-methyl/N-ethyl adjacent to an activating group) is 1. The second-order valence-electron chi connectivity index (χ2n) is 5.68. The largest absolute Gasteiger partial charge is 0.370 e. The number of benzene rings is 1. The number of rotatable bonds is 6. The zero-order valence-electron chi connectivity index (χ0n) is 13.2. The Labute approximate surface area is 123 Å². The molecule has 1 aromatic rings. The summed E-state index contributed by atoms with van der Waals surface area (Å²) in [5.74, 6) is 0. The lowest BCUT2D eigenvalue weighted by molar-refractivity contribution is 0.232. The summed E-state index contributed by atoms with van der Waals surface area (Å²) in [5.41, 5.74) is 8.92. The minimum atomic E-state index is 0.152. The van der Waals surface area contributed by atoms with Crippen LogP contribution in [0.3, 0.4) is 0 Å². The van der Waals surface area contributed by atoms with Crippen LogP contribution in [-0.2, 0) is 0 Å². The fourth-order valence-corrected chi connectivity index (χ4v) is 3.31. The van der Waals surface area contributed by atoms with Crippen LogP contribution >= 0.6 is 0 Å². The Kier molecular flexibility index (Phi) is 5.44. The third-order valence-corrected chi connectivity index (χ3v) is 4.61. The van der Waals surface area contributed by atoms with Crippen molar-refractivity contribution in [2.45, 2.75) is 45.7 Å². The molecule has 1 aromatic carbocycles. The van der Waals surface area contributed by atoms with Gasteiger partial charge in [0.1, 0.15) is 0 Å². The van der Waals surface area contributed by atoms with Crippen LogP contribution < -0.4 is 10.6 Å². The summed E-state index contributed by atoms with van der Waals surface area (Å²) in [7, 11) is 0. The highest BCUT2D eigenvalue weighted by Gasteiger charge is 2.27. The highest BCUT2D eigenvalue weighted by atomic mass is 15.3. The molecule has 1 heterocycles. The van der Waals surface area contributed by atoms with Gasteiger partial charge in [0.05, 0.1) is 0 Å². The van der Waals surface area contributed by atoms with Crippen LogP contribution in [0, 0.1) is 0 Å². The van der Waals surface area contributed by atoms with Crippen molar-refractivity contribution in [1.82, 2.24) is 4.90 Å². The van der Waals surface area contributed by atoms with Crippen molar-refractivity contribution < 1.29 is 0 Å². The lowest BCUT2D eigenvalue weighted by Crippen LogP contribution is -2.37. The van der Waals surface area contributed by atoms with E-state index in [9.17, 15) is 0 Å². The molecule has 20 heavy (non-hydrogen) atoms. The fraction of sp³-hybridized carbons (Fsp3) is 0.647. The zero-order chi connectivity index (χ0) is 14.5. The van der Waals surface area contributed by atoms with Gasteiger partial charge in [-0.25, -0.2) is 0 Å². The third-order valence-electron chi connectivity index (χ3n) is 4.61. The number of nitrogens with zero attached hydrogens (tertiary/aromatic N) is 2. The molecule has 3 heteroatoms. The maximum absolute atomic E-state index is 6.27. The highest BCUT2D eigenvalue weighted by Crippen LogP contribution is 2.30. The summed E-state index contributed by atoms with van der Waals surface area (Å²) in [4.78, 5) is 5.09. The first-order chi connectivity index (χ1) is 9.71. The van der Waals surface area contributed by atoms with Crippen LogP contribution in [0.2, 0.25) is 0 Å². The Morgan fingerprint density at radius 2 is 1.95 bits per heavy atom. The molecule has 1 saturated heterocycles. The first-order valence-corrected chi connectivity index (χ1v) is 8.04. The second kappa shape index (κ2) is 7.09. The fourth-order valence-electron chi connectivity index (χ4n) is 3.31. The molecular weight excluding hydrogens is 246 g/mol. The lowest BCUT2D eigenvalue weighted by atomic mass is 10.0. The summed E-state index contributed by atoms with van der Waals surface area (Å²) < 4.78 is 0. The average Bonchev–Trinajstić information content (AvgIpc) is 2.97. The van der Waals surface area contributed by atoms with Gasteiger partial charge < -0.3 is 10.6 Å². The predicted octanol–water partition coefficient (Wildman–Crippen LogP) is 3.02. The highest BCUT2D eigenvalue weighted by molar-refractivity contribution is 5.56. The van der Waals surface area contributed by atoms with Crippen LogP contribution in [0.4, 0.5) is 5.69 Å². The van der Waals surface area contributed by atoms with Crippen LogP contribution in [-0.4, -0.2) is 37.1 Å². The maximum Gasteiger partial charge on any atom is 0.0415 e. The zero-order valence-corrected chi connectivity index (χ0v) is 13.2. The van der Waals surface area contributed by atoms with E-state index in [-0.39, 0.29) is 6.04 Å². The molecule has 0 aromatic heterocycles. The minimum absolute atomic E-state index is 0.152. The summed E-state index contributed by atoms with van der Waals surface area (Å²) in [6.07, 6.45) is 2.25. The van der Waals surface area contributed by atoms with Gasteiger partial charge in [-0.2, -0.15) is 0 Å². The Hall–Kier alpha value is -1.06. The molecule has 0 spiro atoms. The molecule has 2 atom stereocenters. The standard InChI is InChI=1S/C17H29N3/c1-4-16(18)15-9-7-8-10-17(15)20-12-11-14(13-20)19(5-2)6-3/h7-10,14,16H,4-6,11-13,18H2,1-3H3/t14?,16-/m0/s1. The van der Waals surface area contributed by atoms with Crippen molar-refractivity contribution in [2.24, 2.45) is 5.73 Å².